The van der Waals surface area contributed by atoms with Gasteiger partial charge < -0.3 is 19.5 Å². The lowest BCUT2D eigenvalue weighted by atomic mass is 9.80. The van der Waals surface area contributed by atoms with Crippen LogP contribution in [0.3, 0.4) is 0 Å². The summed E-state index contributed by atoms with van der Waals surface area (Å²) in [7, 11) is 0. The second-order valence-corrected chi connectivity index (χ2v) is 14.7. The fourth-order valence-corrected chi connectivity index (χ4v) is 7.87. The summed E-state index contributed by atoms with van der Waals surface area (Å²) in [6.45, 7) is 22.7. The van der Waals surface area contributed by atoms with E-state index in [1.807, 2.05) is 0 Å². The number of ether oxygens (including phenoxy) is 2. The molecule has 0 atom stereocenters. The number of allylic oxidation sites excluding steroid dienone is 7. The Labute approximate surface area is 280 Å². The predicted octanol–water partition coefficient (Wildman–Crippen LogP) is 9.05. The zero-order valence-electron chi connectivity index (χ0n) is 29.7. The van der Waals surface area contributed by atoms with Gasteiger partial charge in [-0.15, -0.1) is 0 Å². The first kappa shape index (κ1) is 32.6. The van der Waals surface area contributed by atoms with Crippen molar-refractivity contribution in [1.29, 1.82) is 0 Å². The van der Waals surface area contributed by atoms with Crippen LogP contribution in [-0.4, -0.2) is 40.2 Å². The molecular weight excluding hydrogens is 584 g/mol. The highest BCUT2D eigenvalue weighted by atomic mass is 16.8. The Morgan fingerprint density at radius 1 is 0.851 bits per heavy atom. The number of carbonyl (C=O) groups excluding carboxylic acids is 1. The molecule has 4 aliphatic rings. The number of carbonyl (C=O) groups is 1. The number of likely N-dealkylation sites (N-methyl/N-ethyl adjacent to an activating group) is 1. The molecule has 0 radical (unpaired) electrons. The van der Waals surface area contributed by atoms with Crippen LogP contribution in [0, 0.1) is 13.8 Å². The van der Waals surface area contributed by atoms with Gasteiger partial charge in [-0.1, -0.05) is 55.3 Å². The summed E-state index contributed by atoms with van der Waals surface area (Å²) in [5, 5.41) is 11.2. The minimum absolute atomic E-state index is 0.0880. The number of hydrogen-bond donors (Lipinski definition) is 1. The van der Waals surface area contributed by atoms with Crippen molar-refractivity contribution in [2.45, 2.75) is 98.7 Å². The second kappa shape index (κ2) is 11.4. The summed E-state index contributed by atoms with van der Waals surface area (Å²) in [4.78, 5) is 15.9. The molecule has 6 heteroatoms. The van der Waals surface area contributed by atoms with E-state index in [0.717, 1.165) is 37.1 Å². The predicted molar refractivity (Wildman–Crippen MR) is 189 cm³/mol. The molecular formula is C41H49N2O4+. The third-order valence-corrected chi connectivity index (χ3v) is 10.3. The van der Waals surface area contributed by atoms with E-state index in [1.165, 1.54) is 45.0 Å². The van der Waals surface area contributed by atoms with Gasteiger partial charge in [0, 0.05) is 60.5 Å². The molecule has 1 N–H and O–H groups in total. The standard InChI is InChI=1S/C41H48N2O4/c1-11-42-31-19-13-25(3)23-29(31)39(5,6)33(42)21-17-27-15-16-28(35(27)36-37(44)46-41(9,10)47-38(36)45)18-22-34-40(7,8)30-24-26(4)14-20-32(30)43(34)12-2/h13-14,17-24H,11-12,15-16H2,1-10H3/p+1/b27-17?,33-21+. The topological polar surface area (TPSA) is 62.0 Å². The van der Waals surface area contributed by atoms with Gasteiger partial charge in [0.05, 0.1) is 5.41 Å². The SMILES string of the molecule is CCN1/C(=C/C=C2CCC(C=CC3=[N+](CC)c4ccc(C)cc4C3(C)C)=C2C2=C(O)OC(C)(C)OC2=O)C(C)(C)c2cc(C)ccc21. The highest BCUT2D eigenvalue weighted by Crippen LogP contribution is 2.49. The van der Waals surface area contributed by atoms with Crippen molar-refractivity contribution >= 4 is 23.1 Å². The van der Waals surface area contributed by atoms with E-state index in [9.17, 15) is 9.90 Å². The monoisotopic (exact) mass is 633 g/mol. The van der Waals surface area contributed by atoms with Crippen molar-refractivity contribution in [3.05, 3.63) is 117 Å². The molecule has 0 saturated heterocycles. The summed E-state index contributed by atoms with van der Waals surface area (Å²) in [6.07, 6.45) is 10.1. The van der Waals surface area contributed by atoms with Crippen LogP contribution in [0.15, 0.2) is 94.6 Å². The minimum atomic E-state index is -1.25. The van der Waals surface area contributed by atoms with E-state index < -0.39 is 17.7 Å². The van der Waals surface area contributed by atoms with E-state index in [0.29, 0.717) is 5.57 Å². The third kappa shape index (κ3) is 5.36. The number of esters is 1. The van der Waals surface area contributed by atoms with Gasteiger partial charge in [-0.2, -0.15) is 4.58 Å². The molecule has 0 fully saturated rings. The van der Waals surface area contributed by atoms with Crippen molar-refractivity contribution in [3.8, 4) is 0 Å². The quantitative estimate of drug-likeness (QED) is 0.254. The first-order chi connectivity index (χ1) is 22.1. The molecule has 1 aliphatic carbocycles. The van der Waals surface area contributed by atoms with Crippen LogP contribution in [0.2, 0.25) is 0 Å². The molecule has 0 unspecified atom stereocenters. The largest absolute Gasteiger partial charge is 0.480 e. The van der Waals surface area contributed by atoms with Crippen molar-refractivity contribution < 1.29 is 24.0 Å². The molecule has 0 saturated carbocycles. The van der Waals surface area contributed by atoms with Gasteiger partial charge in [-0.25, -0.2) is 4.79 Å². The molecule has 0 aromatic heterocycles. The van der Waals surface area contributed by atoms with Gasteiger partial charge in [0.2, 0.25) is 5.69 Å². The average molecular weight is 634 g/mol. The Kier molecular flexibility index (Phi) is 7.93. The maximum atomic E-state index is 13.5. The molecule has 3 aliphatic heterocycles. The molecule has 246 valence electrons. The van der Waals surface area contributed by atoms with Crippen LogP contribution in [0.4, 0.5) is 11.4 Å². The smallest absolute Gasteiger partial charge is 0.349 e. The van der Waals surface area contributed by atoms with Gasteiger partial charge in [-0.3, -0.25) is 0 Å². The van der Waals surface area contributed by atoms with Crippen LogP contribution in [0.1, 0.15) is 90.5 Å². The lowest BCUT2D eigenvalue weighted by molar-refractivity contribution is -0.433. The van der Waals surface area contributed by atoms with E-state index in [-0.39, 0.29) is 16.4 Å². The Bertz CT molecular complexity index is 1880. The zero-order chi connectivity index (χ0) is 34.1. The van der Waals surface area contributed by atoms with Gasteiger partial charge >= 0.3 is 5.97 Å². The number of aliphatic hydroxyl groups excluding tert-OH is 1. The second-order valence-electron chi connectivity index (χ2n) is 14.7. The zero-order valence-corrected chi connectivity index (χ0v) is 29.7. The van der Waals surface area contributed by atoms with Crippen LogP contribution >= 0.6 is 0 Å². The fraction of sp³-hybridized carbons (Fsp3) is 0.415. The number of anilines is 1. The Hall–Kier alpha value is -4.32. The summed E-state index contributed by atoms with van der Waals surface area (Å²) in [5.74, 6) is -2.22. The van der Waals surface area contributed by atoms with E-state index in [4.69, 9.17) is 9.47 Å². The third-order valence-electron chi connectivity index (χ3n) is 10.3. The number of aryl methyl sites for hydroxylation is 2. The van der Waals surface area contributed by atoms with Gasteiger partial charge in [-0.05, 0) is 89.3 Å². The first-order valence-electron chi connectivity index (χ1n) is 16.9. The molecule has 2 aromatic carbocycles. The summed E-state index contributed by atoms with van der Waals surface area (Å²) >= 11 is 0. The van der Waals surface area contributed by atoms with Crippen LogP contribution in [-0.2, 0) is 25.1 Å². The van der Waals surface area contributed by atoms with Crippen molar-refractivity contribution in [2.24, 2.45) is 0 Å². The van der Waals surface area contributed by atoms with Gasteiger partial charge in [0.25, 0.3) is 11.7 Å². The van der Waals surface area contributed by atoms with Crippen molar-refractivity contribution in [1.82, 2.24) is 0 Å². The van der Waals surface area contributed by atoms with Gasteiger partial charge in [0.15, 0.2) is 5.71 Å². The highest BCUT2D eigenvalue weighted by molar-refractivity contribution is 6.03. The maximum absolute atomic E-state index is 13.5. The lowest BCUT2D eigenvalue weighted by Crippen LogP contribution is -2.37. The van der Waals surface area contributed by atoms with Crippen molar-refractivity contribution in [2.75, 3.05) is 18.0 Å². The molecule has 0 bridgehead atoms. The van der Waals surface area contributed by atoms with E-state index >= 15 is 0 Å². The minimum Gasteiger partial charge on any atom is -0.480 e. The number of aliphatic hydroxyl groups is 1. The van der Waals surface area contributed by atoms with Crippen LogP contribution in [0.25, 0.3) is 0 Å². The first-order valence-corrected chi connectivity index (χ1v) is 16.9. The molecule has 0 amide bonds. The molecule has 3 heterocycles. The molecule has 2 aromatic rings. The van der Waals surface area contributed by atoms with E-state index in [2.05, 4.69) is 126 Å². The number of cyclic esters (lactones) is 1. The number of fused-ring (bicyclic) bond motifs is 2. The summed E-state index contributed by atoms with van der Waals surface area (Å²) in [5.41, 5.74) is 12.3. The molecule has 6 rings (SSSR count). The van der Waals surface area contributed by atoms with E-state index in [1.54, 1.807) is 13.8 Å². The Balaban J connectivity index is 1.48. The normalized spacial score (nSPS) is 22.9. The number of nitrogens with zero attached hydrogens (tertiary/aromatic N) is 2. The number of hydrogen-bond acceptors (Lipinski definition) is 5. The molecule has 47 heavy (non-hydrogen) atoms. The molecule has 0 spiro atoms. The van der Waals surface area contributed by atoms with Crippen molar-refractivity contribution in [3.63, 3.8) is 0 Å². The number of benzene rings is 2. The number of rotatable bonds is 6. The summed E-state index contributed by atoms with van der Waals surface area (Å²) < 4.78 is 13.8. The Morgan fingerprint density at radius 3 is 2.19 bits per heavy atom. The van der Waals surface area contributed by atoms with Gasteiger partial charge in [0.1, 0.15) is 12.1 Å². The Morgan fingerprint density at radius 2 is 1.53 bits per heavy atom. The lowest BCUT2D eigenvalue weighted by Gasteiger charge is -2.31. The van der Waals surface area contributed by atoms with Crippen LogP contribution < -0.4 is 4.90 Å². The average Bonchev–Trinajstić information content (AvgIpc) is 3.54. The summed E-state index contributed by atoms with van der Waals surface area (Å²) in [6, 6.07) is 13.4. The molecule has 6 nitrogen and oxygen atoms in total. The maximum Gasteiger partial charge on any atom is 0.349 e. The fourth-order valence-electron chi connectivity index (χ4n) is 7.87. The van der Waals surface area contributed by atoms with Crippen LogP contribution in [0.5, 0.6) is 0 Å². The highest BCUT2D eigenvalue weighted by Gasteiger charge is 2.45.